The van der Waals surface area contributed by atoms with Crippen molar-refractivity contribution >= 4 is 5.57 Å². The van der Waals surface area contributed by atoms with Gasteiger partial charge in [0.1, 0.15) is 18.1 Å². The third-order valence-electron chi connectivity index (χ3n) is 2.91. The summed E-state index contributed by atoms with van der Waals surface area (Å²) in [5.74, 6) is 1.64. The maximum Gasteiger partial charge on any atom is 0.140 e. The summed E-state index contributed by atoms with van der Waals surface area (Å²) in [4.78, 5) is 0. The van der Waals surface area contributed by atoms with Crippen LogP contribution in [0.4, 0.5) is 0 Å². The lowest BCUT2D eigenvalue weighted by Crippen LogP contribution is -1.97. The van der Waals surface area contributed by atoms with E-state index in [1.807, 2.05) is 45.0 Å². The molecule has 3 nitrogen and oxygen atoms in total. The highest BCUT2D eigenvalue weighted by molar-refractivity contribution is 5.61. The molecule has 0 saturated heterocycles. The number of nitrogens with zero attached hydrogens (tertiary/aromatic N) is 1. The first-order chi connectivity index (χ1) is 8.58. The van der Waals surface area contributed by atoms with Crippen LogP contribution in [0.2, 0.25) is 0 Å². The third kappa shape index (κ3) is 2.62. The quantitative estimate of drug-likeness (QED) is 0.816. The van der Waals surface area contributed by atoms with Crippen molar-refractivity contribution in [2.75, 3.05) is 0 Å². The number of hydrogen-bond donors (Lipinski definition) is 0. The van der Waals surface area contributed by atoms with E-state index in [1.165, 1.54) is 0 Å². The number of aryl methyl sites for hydroxylation is 2. The summed E-state index contributed by atoms with van der Waals surface area (Å²) < 4.78 is 10.8. The Hall–Kier alpha value is -2.03. The molecule has 2 aromatic rings. The molecule has 0 unspecified atom stereocenters. The zero-order valence-electron chi connectivity index (χ0n) is 11.0. The minimum absolute atomic E-state index is 0.480. The molecule has 3 heteroatoms. The summed E-state index contributed by atoms with van der Waals surface area (Å²) in [7, 11) is 0. The van der Waals surface area contributed by atoms with Gasteiger partial charge >= 0.3 is 0 Å². The summed E-state index contributed by atoms with van der Waals surface area (Å²) in [6.07, 6.45) is 0. The van der Waals surface area contributed by atoms with Crippen molar-refractivity contribution in [2.24, 2.45) is 0 Å². The number of allylic oxidation sites excluding steroid dienone is 1. The van der Waals surface area contributed by atoms with Crippen molar-refractivity contribution in [2.45, 2.75) is 27.4 Å². The van der Waals surface area contributed by atoms with E-state index in [1.54, 1.807) is 0 Å². The third-order valence-corrected chi connectivity index (χ3v) is 2.91. The van der Waals surface area contributed by atoms with Gasteiger partial charge in [0.15, 0.2) is 0 Å². The van der Waals surface area contributed by atoms with Gasteiger partial charge in [-0.1, -0.05) is 29.4 Å². The Labute approximate surface area is 107 Å². The molecule has 0 spiro atoms. The van der Waals surface area contributed by atoms with Gasteiger partial charge in [0.05, 0.1) is 11.3 Å². The monoisotopic (exact) mass is 243 g/mol. The Balaban J connectivity index is 2.04. The predicted molar refractivity (Wildman–Crippen MR) is 71.5 cm³/mol. The average molecular weight is 243 g/mol. The number of aromatic nitrogens is 1. The highest BCUT2D eigenvalue weighted by Crippen LogP contribution is 2.19. The molecule has 18 heavy (non-hydrogen) atoms. The van der Waals surface area contributed by atoms with Crippen molar-refractivity contribution in [3.05, 3.63) is 53.4 Å². The van der Waals surface area contributed by atoms with Crippen LogP contribution in [0.25, 0.3) is 5.57 Å². The van der Waals surface area contributed by atoms with Crippen LogP contribution in [-0.4, -0.2) is 5.16 Å². The molecule has 0 fully saturated rings. The van der Waals surface area contributed by atoms with E-state index >= 15 is 0 Å². The standard InChI is InChI=1S/C15H17NO2/c1-10(2)13-5-7-14(8-6-13)17-9-15-11(3)16-18-12(15)4/h5-8H,1,9H2,2-4H3. The van der Waals surface area contributed by atoms with Crippen molar-refractivity contribution < 1.29 is 9.26 Å². The number of ether oxygens (including phenoxy) is 1. The molecule has 0 radical (unpaired) electrons. The van der Waals surface area contributed by atoms with Gasteiger partial charge in [-0.2, -0.15) is 0 Å². The van der Waals surface area contributed by atoms with E-state index in [0.29, 0.717) is 6.61 Å². The fraction of sp³-hybridized carbons (Fsp3) is 0.267. The number of rotatable bonds is 4. The molecule has 0 aliphatic carbocycles. The Bertz CT molecular complexity index is 533. The van der Waals surface area contributed by atoms with Gasteiger partial charge in [-0.25, -0.2) is 0 Å². The molecule has 0 aliphatic heterocycles. The minimum Gasteiger partial charge on any atom is -0.489 e. The van der Waals surface area contributed by atoms with Crippen LogP contribution in [-0.2, 0) is 6.61 Å². The molecule has 2 rings (SSSR count). The molecule has 0 aliphatic rings. The Morgan fingerprint density at radius 2 is 1.94 bits per heavy atom. The predicted octanol–water partition coefficient (Wildman–Crippen LogP) is 3.90. The lowest BCUT2D eigenvalue weighted by Gasteiger charge is -2.07. The molecular weight excluding hydrogens is 226 g/mol. The molecule has 94 valence electrons. The zero-order valence-corrected chi connectivity index (χ0v) is 11.0. The van der Waals surface area contributed by atoms with Crippen molar-refractivity contribution in [1.29, 1.82) is 0 Å². The molecule has 0 saturated carbocycles. The van der Waals surface area contributed by atoms with Gasteiger partial charge in [0.2, 0.25) is 0 Å². The van der Waals surface area contributed by atoms with Gasteiger partial charge in [0.25, 0.3) is 0 Å². The van der Waals surface area contributed by atoms with Gasteiger partial charge in [-0.15, -0.1) is 0 Å². The second-order valence-corrected chi connectivity index (χ2v) is 4.40. The summed E-state index contributed by atoms with van der Waals surface area (Å²) in [6, 6.07) is 7.90. The van der Waals surface area contributed by atoms with Crippen LogP contribution in [0.3, 0.4) is 0 Å². The van der Waals surface area contributed by atoms with Crippen LogP contribution in [0.1, 0.15) is 29.5 Å². The second-order valence-electron chi connectivity index (χ2n) is 4.40. The minimum atomic E-state index is 0.480. The smallest absolute Gasteiger partial charge is 0.140 e. The molecule has 0 atom stereocenters. The maximum atomic E-state index is 5.72. The van der Waals surface area contributed by atoms with E-state index in [-0.39, 0.29) is 0 Å². The second kappa shape index (κ2) is 5.08. The van der Waals surface area contributed by atoms with E-state index < -0.39 is 0 Å². The van der Waals surface area contributed by atoms with Crippen molar-refractivity contribution in [3.63, 3.8) is 0 Å². The summed E-state index contributed by atoms with van der Waals surface area (Å²) in [5.41, 5.74) is 4.07. The summed E-state index contributed by atoms with van der Waals surface area (Å²) in [6.45, 7) is 10.2. The molecule has 1 aromatic heterocycles. The Morgan fingerprint density at radius 3 is 2.44 bits per heavy atom. The zero-order chi connectivity index (χ0) is 13.1. The SMILES string of the molecule is C=C(C)c1ccc(OCc2c(C)noc2C)cc1. The fourth-order valence-corrected chi connectivity index (χ4v) is 1.70. The first kappa shape index (κ1) is 12.4. The maximum absolute atomic E-state index is 5.72. The van der Waals surface area contributed by atoms with Crippen LogP contribution in [0.15, 0.2) is 35.4 Å². The van der Waals surface area contributed by atoms with E-state index in [9.17, 15) is 0 Å². The van der Waals surface area contributed by atoms with E-state index in [0.717, 1.165) is 33.9 Å². The van der Waals surface area contributed by atoms with Gasteiger partial charge in [0, 0.05) is 0 Å². The average Bonchev–Trinajstić information content (AvgIpc) is 2.67. The molecular formula is C15H17NO2. The lowest BCUT2D eigenvalue weighted by molar-refractivity contribution is 0.301. The molecule has 0 N–H and O–H groups in total. The summed E-state index contributed by atoms with van der Waals surface area (Å²) >= 11 is 0. The Morgan fingerprint density at radius 1 is 1.28 bits per heavy atom. The summed E-state index contributed by atoms with van der Waals surface area (Å²) in [5, 5.41) is 3.90. The van der Waals surface area contributed by atoms with Crippen LogP contribution in [0, 0.1) is 13.8 Å². The van der Waals surface area contributed by atoms with Gasteiger partial charge in [-0.05, 0) is 38.5 Å². The largest absolute Gasteiger partial charge is 0.489 e. The van der Waals surface area contributed by atoms with Gasteiger partial charge in [-0.3, -0.25) is 0 Å². The molecule has 0 amide bonds. The van der Waals surface area contributed by atoms with Crippen LogP contribution >= 0.6 is 0 Å². The number of benzene rings is 1. The van der Waals surface area contributed by atoms with E-state index in [2.05, 4.69) is 11.7 Å². The molecule has 1 heterocycles. The van der Waals surface area contributed by atoms with Crippen LogP contribution < -0.4 is 4.74 Å². The van der Waals surface area contributed by atoms with E-state index in [4.69, 9.17) is 9.26 Å². The fourth-order valence-electron chi connectivity index (χ4n) is 1.70. The molecule has 0 bridgehead atoms. The molecule has 1 aromatic carbocycles. The van der Waals surface area contributed by atoms with Crippen molar-refractivity contribution in [1.82, 2.24) is 5.16 Å². The van der Waals surface area contributed by atoms with Gasteiger partial charge < -0.3 is 9.26 Å². The Kier molecular flexibility index (Phi) is 3.51. The lowest BCUT2D eigenvalue weighted by atomic mass is 10.1. The highest BCUT2D eigenvalue weighted by Gasteiger charge is 2.09. The first-order valence-electron chi connectivity index (χ1n) is 5.88. The number of hydrogen-bond acceptors (Lipinski definition) is 3. The first-order valence-corrected chi connectivity index (χ1v) is 5.88. The highest BCUT2D eigenvalue weighted by atomic mass is 16.5. The van der Waals surface area contributed by atoms with Crippen molar-refractivity contribution in [3.8, 4) is 5.75 Å². The topological polar surface area (TPSA) is 35.3 Å². The normalized spacial score (nSPS) is 10.4. The van der Waals surface area contributed by atoms with Crippen LogP contribution in [0.5, 0.6) is 5.75 Å².